The molecular formula is C21H32O3. The van der Waals surface area contributed by atoms with Gasteiger partial charge in [0.1, 0.15) is 0 Å². The average Bonchev–Trinajstić information content (AvgIpc) is 2.58. The van der Waals surface area contributed by atoms with Crippen LogP contribution in [0.1, 0.15) is 84.0 Å². The molecule has 2 rings (SSSR count). The molecule has 0 aliphatic heterocycles. The zero-order valence-electron chi connectivity index (χ0n) is 15.4. The Labute approximate surface area is 146 Å². The first-order valence-electron chi connectivity index (χ1n) is 9.69. The van der Waals surface area contributed by atoms with Gasteiger partial charge in [-0.2, -0.15) is 0 Å². The van der Waals surface area contributed by atoms with Gasteiger partial charge in [0.2, 0.25) is 5.78 Å². The number of ketones is 2. The summed E-state index contributed by atoms with van der Waals surface area (Å²) in [5.74, 6) is 0.0166. The van der Waals surface area contributed by atoms with Gasteiger partial charge in [-0.25, -0.2) is 0 Å². The van der Waals surface area contributed by atoms with E-state index in [-0.39, 0.29) is 22.7 Å². The minimum atomic E-state index is -0.163. The van der Waals surface area contributed by atoms with Crippen LogP contribution in [0.5, 0.6) is 0 Å². The monoisotopic (exact) mass is 332 g/mol. The van der Waals surface area contributed by atoms with Crippen molar-refractivity contribution in [3.8, 4) is 0 Å². The summed E-state index contributed by atoms with van der Waals surface area (Å²) in [5, 5.41) is 0. The summed E-state index contributed by atoms with van der Waals surface area (Å²) >= 11 is 0. The lowest BCUT2D eigenvalue weighted by atomic mass is 9.67. The summed E-state index contributed by atoms with van der Waals surface area (Å²) in [6, 6.07) is 0. The molecule has 24 heavy (non-hydrogen) atoms. The van der Waals surface area contributed by atoms with E-state index in [4.69, 9.17) is 4.74 Å². The summed E-state index contributed by atoms with van der Waals surface area (Å²) in [4.78, 5) is 24.9. The molecule has 0 aromatic heterocycles. The maximum absolute atomic E-state index is 12.8. The summed E-state index contributed by atoms with van der Waals surface area (Å²) in [5.41, 5.74) is 0.538. The lowest BCUT2D eigenvalue weighted by molar-refractivity contribution is -0.119. The van der Waals surface area contributed by atoms with Gasteiger partial charge in [-0.05, 0) is 30.8 Å². The molecule has 0 unspecified atom stereocenters. The second kappa shape index (κ2) is 9.19. The third-order valence-electron chi connectivity index (χ3n) is 5.81. The number of hydrogen-bond acceptors (Lipinski definition) is 3. The molecule has 1 fully saturated rings. The molecule has 0 amide bonds. The van der Waals surface area contributed by atoms with Gasteiger partial charge in [-0.1, -0.05) is 64.7 Å². The first kappa shape index (κ1) is 19.0. The second-order valence-corrected chi connectivity index (χ2v) is 7.32. The Morgan fingerprint density at radius 2 is 1.38 bits per heavy atom. The molecule has 1 saturated carbocycles. The standard InChI is InChI=1S/C21H32O3/c1-3-21(18-15-17(22)16-19(24-2)20(18)23)13-11-9-7-5-4-6-8-10-12-14-21/h15-16H,3-14H2,1-2H3. The van der Waals surface area contributed by atoms with Crippen LogP contribution in [0.15, 0.2) is 23.5 Å². The lowest BCUT2D eigenvalue weighted by Crippen LogP contribution is -2.31. The zero-order chi connectivity index (χ0) is 17.4. The maximum Gasteiger partial charge on any atom is 0.224 e. The van der Waals surface area contributed by atoms with Crippen LogP contribution in [-0.2, 0) is 14.3 Å². The van der Waals surface area contributed by atoms with Gasteiger partial charge in [-0.15, -0.1) is 0 Å². The number of methoxy groups -OCH3 is 1. The molecule has 0 atom stereocenters. The van der Waals surface area contributed by atoms with Crippen molar-refractivity contribution in [2.75, 3.05) is 7.11 Å². The van der Waals surface area contributed by atoms with Gasteiger partial charge in [0, 0.05) is 11.6 Å². The summed E-state index contributed by atoms with van der Waals surface area (Å²) < 4.78 is 5.17. The molecular weight excluding hydrogens is 300 g/mol. The van der Waals surface area contributed by atoms with Crippen molar-refractivity contribution in [3.05, 3.63) is 23.5 Å². The molecule has 134 valence electrons. The van der Waals surface area contributed by atoms with Crippen molar-refractivity contribution in [1.82, 2.24) is 0 Å². The van der Waals surface area contributed by atoms with Crippen molar-refractivity contribution < 1.29 is 14.3 Å². The Bertz CT molecular complexity index is 501. The molecule has 0 heterocycles. The van der Waals surface area contributed by atoms with Crippen molar-refractivity contribution in [1.29, 1.82) is 0 Å². The number of rotatable bonds is 3. The molecule has 0 radical (unpaired) electrons. The van der Waals surface area contributed by atoms with Crippen LogP contribution >= 0.6 is 0 Å². The minimum absolute atomic E-state index is 0.0777. The van der Waals surface area contributed by atoms with E-state index in [9.17, 15) is 9.59 Å². The highest BCUT2D eigenvalue weighted by Crippen LogP contribution is 2.44. The first-order valence-corrected chi connectivity index (χ1v) is 9.69. The second-order valence-electron chi connectivity index (χ2n) is 7.32. The van der Waals surface area contributed by atoms with E-state index in [2.05, 4.69) is 6.92 Å². The quantitative estimate of drug-likeness (QED) is 0.659. The Balaban J connectivity index is 2.24. The van der Waals surface area contributed by atoms with E-state index < -0.39 is 0 Å². The average molecular weight is 332 g/mol. The smallest absolute Gasteiger partial charge is 0.224 e. The Hall–Kier alpha value is -1.38. The van der Waals surface area contributed by atoms with Crippen LogP contribution in [-0.4, -0.2) is 18.7 Å². The fraction of sp³-hybridized carbons (Fsp3) is 0.714. The number of allylic oxidation sites excluding steroid dienone is 3. The molecule has 2 aliphatic carbocycles. The molecule has 0 saturated heterocycles. The SMILES string of the molecule is CCC1(C2=CC(=O)C=C(OC)C2=O)CCCCCCCCCCC1. The van der Waals surface area contributed by atoms with Gasteiger partial charge in [0.25, 0.3) is 0 Å². The van der Waals surface area contributed by atoms with E-state index >= 15 is 0 Å². The molecule has 0 bridgehead atoms. The lowest BCUT2D eigenvalue weighted by Gasteiger charge is -2.36. The fourth-order valence-corrected chi connectivity index (χ4v) is 4.23. The molecule has 0 spiro atoms. The third-order valence-corrected chi connectivity index (χ3v) is 5.81. The predicted octanol–water partition coefficient (Wildman–Crippen LogP) is 5.30. The highest BCUT2D eigenvalue weighted by Gasteiger charge is 2.39. The van der Waals surface area contributed by atoms with Crippen LogP contribution < -0.4 is 0 Å². The van der Waals surface area contributed by atoms with Gasteiger partial charge in [0.05, 0.1) is 7.11 Å². The largest absolute Gasteiger partial charge is 0.493 e. The van der Waals surface area contributed by atoms with Crippen molar-refractivity contribution in [2.24, 2.45) is 5.41 Å². The minimum Gasteiger partial charge on any atom is -0.493 e. The number of carbonyl (C=O) groups is 2. The molecule has 0 aromatic carbocycles. The van der Waals surface area contributed by atoms with Gasteiger partial charge in [-0.3, -0.25) is 9.59 Å². The van der Waals surface area contributed by atoms with E-state index in [1.165, 1.54) is 58.1 Å². The number of hydrogen-bond donors (Lipinski definition) is 0. The molecule has 0 N–H and O–H groups in total. The van der Waals surface area contributed by atoms with Crippen LogP contribution in [0.3, 0.4) is 0 Å². The summed E-state index contributed by atoms with van der Waals surface area (Å²) in [6.45, 7) is 2.16. The molecule has 3 nitrogen and oxygen atoms in total. The molecule has 3 heteroatoms. The topological polar surface area (TPSA) is 43.4 Å². The van der Waals surface area contributed by atoms with E-state index in [1.807, 2.05) is 0 Å². The fourth-order valence-electron chi connectivity index (χ4n) is 4.23. The van der Waals surface area contributed by atoms with Crippen LogP contribution in [0.4, 0.5) is 0 Å². The first-order chi connectivity index (χ1) is 11.6. The van der Waals surface area contributed by atoms with E-state index in [0.29, 0.717) is 5.57 Å². The Morgan fingerprint density at radius 1 is 0.875 bits per heavy atom. The van der Waals surface area contributed by atoms with E-state index in [1.54, 1.807) is 6.08 Å². The summed E-state index contributed by atoms with van der Waals surface area (Å²) in [6.07, 6.45) is 17.1. The van der Waals surface area contributed by atoms with Crippen molar-refractivity contribution in [2.45, 2.75) is 84.0 Å². The Morgan fingerprint density at radius 3 is 1.83 bits per heavy atom. The van der Waals surface area contributed by atoms with E-state index in [0.717, 1.165) is 32.1 Å². The zero-order valence-corrected chi connectivity index (χ0v) is 15.4. The third kappa shape index (κ3) is 4.58. The van der Waals surface area contributed by atoms with Crippen molar-refractivity contribution >= 4 is 11.6 Å². The van der Waals surface area contributed by atoms with Gasteiger partial charge < -0.3 is 4.74 Å². The normalized spacial score (nSPS) is 23.6. The van der Waals surface area contributed by atoms with Crippen LogP contribution in [0.2, 0.25) is 0 Å². The highest BCUT2D eigenvalue weighted by molar-refractivity contribution is 6.19. The van der Waals surface area contributed by atoms with Crippen molar-refractivity contribution in [3.63, 3.8) is 0 Å². The van der Waals surface area contributed by atoms with Gasteiger partial charge in [0.15, 0.2) is 11.5 Å². The number of carbonyl (C=O) groups excluding carboxylic acids is 2. The van der Waals surface area contributed by atoms with Crippen LogP contribution in [0, 0.1) is 5.41 Å². The van der Waals surface area contributed by atoms with Crippen LogP contribution in [0.25, 0.3) is 0 Å². The number of ether oxygens (including phenoxy) is 1. The molecule has 0 aromatic rings. The van der Waals surface area contributed by atoms with Gasteiger partial charge >= 0.3 is 0 Å². The summed E-state index contributed by atoms with van der Waals surface area (Å²) in [7, 11) is 1.47. The highest BCUT2D eigenvalue weighted by atomic mass is 16.5. The number of Topliss-reactive ketones (excluding diaryl/α,β-unsaturated/α-hetero) is 1. The maximum atomic E-state index is 12.8. The molecule has 2 aliphatic rings. The Kier molecular flexibility index (Phi) is 7.26. The predicted molar refractivity (Wildman–Crippen MR) is 96.7 cm³/mol.